The first-order valence-corrected chi connectivity index (χ1v) is 7.18. The van der Waals surface area contributed by atoms with Gasteiger partial charge < -0.3 is 10.5 Å². The van der Waals surface area contributed by atoms with E-state index in [0.29, 0.717) is 0 Å². The number of hydrogen-bond donors (Lipinski definition) is 1. The Kier molecular flexibility index (Phi) is 2.86. The third-order valence-electron chi connectivity index (χ3n) is 4.07. The van der Waals surface area contributed by atoms with Crippen molar-refractivity contribution in [2.24, 2.45) is 5.73 Å². The van der Waals surface area contributed by atoms with Gasteiger partial charge >= 0.3 is 0 Å². The minimum absolute atomic E-state index is 0.178. The zero-order valence-corrected chi connectivity index (χ0v) is 11.6. The summed E-state index contributed by atoms with van der Waals surface area (Å²) in [6.45, 7) is 0.751. The Morgan fingerprint density at radius 1 is 1.10 bits per heavy atom. The molecule has 3 aromatic rings. The van der Waals surface area contributed by atoms with Gasteiger partial charge in [-0.2, -0.15) is 0 Å². The van der Waals surface area contributed by atoms with Crippen LogP contribution in [0.1, 0.15) is 22.7 Å². The van der Waals surface area contributed by atoms with Gasteiger partial charge in [0.05, 0.1) is 18.2 Å². The minimum Gasteiger partial charge on any atom is -0.493 e. The van der Waals surface area contributed by atoms with Crippen LogP contribution < -0.4 is 10.5 Å². The van der Waals surface area contributed by atoms with Crippen LogP contribution in [0.4, 0.5) is 0 Å². The highest BCUT2D eigenvalue weighted by Crippen LogP contribution is 2.35. The summed E-state index contributed by atoms with van der Waals surface area (Å²) in [5.41, 5.74) is 10.9. The number of nitrogens with two attached hydrogens (primary N) is 1. The van der Waals surface area contributed by atoms with Gasteiger partial charge in [0.15, 0.2) is 0 Å². The highest BCUT2D eigenvalue weighted by molar-refractivity contribution is 5.79. The summed E-state index contributed by atoms with van der Waals surface area (Å²) in [5, 5.41) is 1.11. The molecule has 104 valence electrons. The van der Waals surface area contributed by atoms with Gasteiger partial charge in [-0.1, -0.05) is 30.3 Å². The first-order chi connectivity index (χ1) is 10.3. The van der Waals surface area contributed by atoms with Gasteiger partial charge in [0, 0.05) is 23.6 Å². The zero-order chi connectivity index (χ0) is 14.2. The number of fused-ring (bicyclic) bond motifs is 2. The van der Waals surface area contributed by atoms with E-state index in [0.717, 1.165) is 40.8 Å². The van der Waals surface area contributed by atoms with Gasteiger partial charge in [-0.3, -0.25) is 4.98 Å². The van der Waals surface area contributed by atoms with Crippen LogP contribution in [-0.4, -0.2) is 11.6 Å². The Hall–Kier alpha value is -2.39. The molecule has 0 amide bonds. The van der Waals surface area contributed by atoms with Gasteiger partial charge in [-0.25, -0.2) is 0 Å². The Bertz CT molecular complexity index is 813. The van der Waals surface area contributed by atoms with Gasteiger partial charge in [0.25, 0.3) is 0 Å². The maximum atomic E-state index is 6.48. The molecule has 1 unspecified atom stereocenters. The Labute approximate surface area is 123 Å². The van der Waals surface area contributed by atoms with Crippen molar-refractivity contribution >= 4 is 10.9 Å². The second-order valence-corrected chi connectivity index (χ2v) is 5.37. The average molecular weight is 276 g/mol. The van der Waals surface area contributed by atoms with E-state index in [2.05, 4.69) is 35.3 Å². The van der Waals surface area contributed by atoms with Crippen molar-refractivity contribution in [3.05, 3.63) is 71.4 Å². The van der Waals surface area contributed by atoms with Crippen LogP contribution in [0, 0.1) is 0 Å². The van der Waals surface area contributed by atoms with Gasteiger partial charge in [0.1, 0.15) is 5.75 Å². The third-order valence-corrected chi connectivity index (χ3v) is 4.07. The fraction of sp³-hybridized carbons (Fsp3) is 0.167. The molecule has 1 aliphatic heterocycles. The molecular formula is C18H16N2O. The second kappa shape index (κ2) is 4.86. The molecule has 0 saturated heterocycles. The molecule has 2 aromatic carbocycles. The normalized spacial score (nSPS) is 14.7. The number of benzene rings is 2. The molecule has 0 fully saturated rings. The van der Waals surface area contributed by atoms with Crippen molar-refractivity contribution < 1.29 is 4.74 Å². The molecule has 0 radical (unpaired) electrons. The smallest absolute Gasteiger partial charge is 0.127 e. The van der Waals surface area contributed by atoms with Gasteiger partial charge in [0.2, 0.25) is 0 Å². The van der Waals surface area contributed by atoms with Crippen LogP contribution in [0.2, 0.25) is 0 Å². The minimum atomic E-state index is -0.178. The summed E-state index contributed by atoms with van der Waals surface area (Å²) in [4.78, 5) is 4.35. The standard InChI is InChI=1S/C18H16N2O/c19-17(15-5-1-3-12-8-10-21-18(12)15)14-6-7-16-13(11-14)4-2-9-20-16/h1-7,9,11,17H,8,10,19H2. The summed E-state index contributed by atoms with van der Waals surface area (Å²) < 4.78 is 5.77. The number of nitrogens with zero attached hydrogens (tertiary/aromatic N) is 1. The van der Waals surface area contributed by atoms with Crippen molar-refractivity contribution in [2.75, 3.05) is 6.61 Å². The summed E-state index contributed by atoms with van der Waals surface area (Å²) in [7, 11) is 0. The lowest BCUT2D eigenvalue weighted by Gasteiger charge is -2.16. The Balaban J connectivity index is 1.80. The summed E-state index contributed by atoms with van der Waals surface area (Å²) >= 11 is 0. The van der Waals surface area contributed by atoms with Crippen molar-refractivity contribution in [2.45, 2.75) is 12.5 Å². The van der Waals surface area contributed by atoms with Crippen LogP contribution >= 0.6 is 0 Å². The summed E-state index contributed by atoms with van der Waals surface area (Å²) in [5.74, 6) is 0.969. The van der Waals surface area contributed by atoms with E-state index in [1.165, 1.54) is 5.56 Å². The van der Waals surface area contributed by atoms with Crippen LogP contribution in [-0.2, 0) is 6.42 Å². The number of para-hydroxylation sites is 1. The molecule has 21 heavy (non-hydrogen) atoms. The van der Waals surface area contributed by atoms with E-state index in [1.54, 1.807) is 6.20 Å². The molecule has 0 saturated carbocycles. The predicted molar refractivity (Wildman–Crippen MR) is 83.4 cm³/mol. The fourth-order valence-corrected chi connectivity index (χ4v) is 2.95. The number of rotatable bonds is 2. The second-order valence-electron chi connectivity index (χ2n) is 5.37. The molecule has 3 heteroatoms. The van der Waals surface area contributed by atoms with E-state index in [4.69, 9.17) is 10.5 Å². The molecule has 1 aliphatic rings. The molecular weight excluding hydrogens is 260 g/mol. The van der Waals surface area contributed by atoms with Gasteiger partial charge in [-0.05, 0) is 29.3 Å². The van der Waals surface area contributed by atoms with Crippen molar-refractivity contribution in [3.63, 3.8) is 0 Å². The number of ether oxygens (including phenoxy) is 1. The molecule has 1 aromatic heterocycles. The SMILES string of the molecule is NC(c1ccc2ncccc2c1)c1cccc2c1OCC2. The molecule has 0 aliphatic carbocycles. The van der Waals surface area contributed by atoms with Crippen LogP contribution in [0.3, 0.4) is 0 Å². The first kappa shape index (κ1) is 12.4. The van der Waals surface area contributed by atoms with Crippen LogP contribution in [0.25, 0.3) is 10.9 Å². The lowest BCUT2D eigenvalue weighted by atomic mass is 9.95. The summed E-state index contributed by atoms with van der Waals surface area (Å²) in [6.07, 6.45) is 2.78. The average Bonchev–Trinajstić information content (AvgIpc) is 3.02. The Morgan fingerprint density at radius 2 is 2.05 bits per heavy atom. The topological polar surface area (TPSA) is 48.1 Å². The maximum Gasteiger partial charge on any atom is 0.127 e. The number of hydrogen-bond acceptors (Lipinski definition) is 3. The number of pyridine rings is 1. The van der Waals surface area contributed by atoms with Crippen molar-refractivity contribution in [3.8, 4) is 5.75 Å². The quantitative estimate of drug-likeness (QED) is 0.781. The molecule has 2 heterocycles. The van der Waals surface area contributed by atoms with Crippen molar-refractivity contribution in [1.82, 2.24) is 4.98 Å². The predicted octanol–water partition coefficient (Wildman–Crippen LogP) is 3.22. The van der Waals surface area contributed by atoms with Crippen LogP contribution in [0.15, 0.2) is 54.7 Å². The molecule has 3 nitrogen and oxygen atoms in total. The fourth-order valence-electron chi connectivity index (χ4n) is 2.95. The monoisotopic (exact) mass is 276 g/mol. The van der Waals surface area contributed by atoms with E-state index in [9.17, 15) is 0 Å². The van der Waals surface area contributed by atoms with Crippen molar-refractivity contribution in [1.29, 1.82) is 0 Å². The lowest BCUT2D eigenvalue weighted by molar-refractivity contribution is 0.352. The van der Waals surface area contributed by atoms with Crippen LogP contribution in [0.5, 0.6) is 5.75 Å². The molecule has 2 N–H and O–H groups in total. The zero-order valence-electron chi connectivity index (χ0n) is 11.6. The molecule has 4 rings (SSSR count). The first-order valence-electron chi connectivity index (χ1n) is 7.18. The highest BCUT2D eigenvalue weighted by Gasteiger charge is 2.21. The van der Waals surface area contributed by atoms with E-state index < -0.39 is 0 Å². The lowest BCUT2D eigenvalue weighted by Crippen LogP contribution is -2.13. The van der Waals surface area contributed by atoms with Gasteiger partial charge in [-0.15, -0.1) is 0 Å². The molecule has 0 spiro atoms. The highest BCUT2D eigenvalue weighted by atomic mass is 16.5. The largest absolute Gasteiger partial charge is 0.493 e. The summed E-state index contributed by atoms with van der Waals surface area (Å²) in [6, 6.07) is 16.2. The maximum absolute atomic E-state index is 6.48. The third kappa shape index (κ3) is 2.06. The van der Waals surface area contributed by atoms with E-state index in [1.807, 2.05) is 18.2 Å². The molecule has 0 bridgehead atoms. The number of aromatic nitrogens is 1. The van der Waals surface area contributed by atoms with E-state index >= 15 is 0 Å². The Morgan fingerprint density at radius 3 is 3.00 bits per heavy atom. The molecule has 1 atom stereocenters. The van der Waals surface area contributed by atoms with E-state index in [-0.39, 0.29) is 6.04 Å².